The molecule has 0 aliphatic carbocycles. The zero-order chi connectivity index (χ0) is 28.8. The maximum absolute atomic E-state index is 13.2. The van der Waals surface area contributed by atoms with E-state index in [0.29, 0.717) is 24.4 Å². The molecule has 5 aromatic rings. The molecule has 2 aromatic heterocycles. The van der Waals surface area contributed by atoms with Crippen LogP contribution in [-0.4, -0.2) is 45.8 Å². The van der Waals surface area contributed by atoms with Gasteiger partial charge in [0.2, 0.25) is 0 Å². The van der Waals surface area contributed by atoms with Crippen LogP contribution in [0.2, 0.25) is 0 Å². The standard InChI is InChI=1S/C33H32N4O5/c34-32-27-16-17-29(37(27)36-23-35-32)33(22-38)31(41-20-26-14-8-3-9-15-26)30(40-19-25-12-6-2-7-13-25)28(42-33)21-39-18-24-10-4-1-5-11-24/h1-17,22-23,28,30-31H,18-21H2,(H2,34,35,36)/t28-,30-,31-,33+/m1/s1. The van der Waals surface area contributed by atoms with E-state index in [1.807, 2.05) is 91.0 Å². The molecular weight excluding hydrogens is 532 g/mol. The van der Waals surface area contributed by atoms with Gasteiger partial charge in [-0.05, 0) is 28.8 Å². The third kappa shape index (κ3) is 5.68. The molecule has 0 amide bonds. The molecule has 3 aromatic carbocycles. The van der Waals surface area contributed by atoms with Crippen LogP contribution in [-0.2, 0) is 49.2 Å². The van der Waals surface area contributed by atoms with Gasteiger partial charge in [0.1, 0.15) is 30.2 Å². The zero-order valence-electron chi connectivity index (χ0n) is 23.0. The second-order valence-electron chi connectivity index (χ2n) is 10.2. The molecule has 2 N–H and O–H groups in total. The highest BCUT2D eigenvalue weighted by atomic mass is 16.6. The van der Waals surface area contributed by atoms with E-state index in [-0.39, 0.29) is 19.0 Å². The summed E-state index contributed by atoms with van der Waals surface area (Å²) in [7, 11) is 0. The number of aldehydes is 1. The topological polar surface area (TPSA) is 110 Å². The van der Waals surface area contributed by atoms with Crippen molar-refractivity contribution in [2.24, 2.45) is 0 Å². The fraction of sp³-hybridized carbons (Fsp3) is 0.242. The van der Waals surface area contributed by atoms with E-state index in [0.717, 1.165) is 23.0 Å². The van der Waals surface area contributed by atoms with Crippen LogP contribution in [0.5, 0.6) is 0 Å². The molecule has 42 heavy (non-hydrogen) atoms. The largest absolute Gasteiger partial charge is 0.382 e. The predicted molar refractivity (Wildman–Crippen MR) is 156 cm³/mol. The maximum Gasteiger partial charge on any atom is 0.194 e. The molecule has 0 bridgehead atoms. The first kappa shape index (κ1) is 27.7. The third-order valence-electron chi connectivity index (χ3n) is 7.44. The van der Waals surface area contributed by atoms with E-state index in [1.165, 1.54) is 6.33 Å². The van der Waals surface area contributed by atoms with Crippen LogP contribution in [0.4, 0.5) is 5.82 Å². The van der Waals surface area contributed by atoms with Crippen LogP contribution >= 0.6 is 0 Å². The Kier molecular flexibility index (Phi) is 8.34. The molecule has 214 valence electrons. The van der Waals surface area contributed by atoms with Gasteiger partial charge in [0.15, 0.2) is 17.7 Å². The lowest BCUT2D eigenvalue weighted by Crippen LogP contribution is -2.46. The highest BCUT2D eigenvalue weighted by Gasteiger charge is 2.59. The molecular formula is C33H32N4O5. The first-order valence-electron chi connectivity index (χ1n) is 13.8. The van der Waals surface area contributed by atoms with Gasteiger partial charge in [0.05, 0.1) is 32.1 Å². The Morgan fingerprint density at radius 3 is 2.02 bits per heavy atom. The Balaban J connectivity index is 1.37. The van der Waals surface area contributed by atoms with Crippen LogP contribution < -0.4 is 5.73 Å². The summed E-state index contributed by atoms with van der Waals surface area (Å²) in [6.45, 7) is 1.10. The lowest BCUT2D eigenvalue weighted by atomic mass is 9.92. The molecule has 0 radical (unpaired) electrons. The number of anilines is 1. The molecule has 1 aliphatic heterocycles. The van der Waals surface area contributed by atoms with Crippen LogP contribution in [0.3, 0.4) is 0 Å². The number of ether oxygens (including phenoxy) is 4. The van der Waals surface area contributed by atoms with Gasteiger partial charge >= 0.3 is 0 Å². The molecule has 1 saturated heterocycles. The number of fused-ring (bicyclic) bond motifs is 1. The summed E-state index contributed by atoms with van der Waals surface area (Å²) in [5, 5.41) is 4.40. The quantitative estimate of drug-likeness (QED) is 0.221. The molecule has 0 spiro atoms. The van der Waals surface area contributed by atoms with Crippen molar-refractivity contribution >= 4 is 17.6 Å². The number of hydrogen-bond donors (Lipinski definition) is 1. The van der Waals surface area contributed by atoms with E-state index < -0.39 is 23.9 Å². The van der Waals surface area contributed by atoms with Gasteiger partial charge in [-0.1, -0.05) is 91.0 Å². The summed E-state index contributed by atoms with van der Waals surface area (Å²) < 4.78 is 27.5. The Hall–Kier alpha value is -4.41. The normalized spacial score (nSPS) is 22.0. The number of rotatable bonds is 12. The van der Waals surface area contributed by atoms with Crippen molar-refractivity contribution < 1.29 is 23.7 Å². The van der Waals surface area contributed by atoms with Crippen molar-refractivity contribution in [2.75, 3.05) is 12.3 Å². The van der Waals surface area contributed by atoms with Crippen molar-refractivity contribution in [1.82, 2.24) is 14.6 Å². The molecule has 9 heteroatoms. The predicted octanol–water partition coefficient (Wildman–Crippen LogP) is 4.49. The first-order valence-corrected chi connectivity index (χ1v) is 13.8. The number of nitrogens with zero attached hydrogens (tertiary/aromatic N) is 3. The average molecular weight is 565 g/mol. The van der Waals surface area contributed by atoms with E-state index in [4.69, 9.17) is 24.7 Å². The molecule has 6 rings (SSSR count). The molecule has 1 aliphatic rings. The van der Waals surface area contributed by atoms with E-state index in [9.17, 15) is 4.79 Å². The minimum atomic E-state index is -1.57. The summed E-state index contributed by atoms with van der Waals surface area (Å²) in [6.07, 6.45) is 0.00758. The zero-order valence-corrected chi connectivity index (χ0v) is 23.0. The van der Waals surface area contributed by atoms with Crippen molar-refractivity contribution in [1.29, 1.82) is 0 Å². The van der Waals surface area contributed by atoms with Gasteiger partial charge in [-0.2, -0.15) is 5.10 Å². The van der Waals surface area contributed by atoms with Gasteiger partial charge in [0.25, 0.3) is 0 Å². The van der Waals surface area contributed by atoms with Gasteiger partial charge in [-0.25, -0.2) is 9.50 Å². The molecule has 9 nitrogen and oxygen atoms in total. The summed E-state index contributed by atoms with van der Waals surface area (Å²) in [6, 6.07) is 33.1. The van der Waals surface area contributed by atoms with Crippen molar-refractivity contribution in [3.8, 4) is 0 Å². The summed E-state index contributed by atoms with van der Waals surface area (Å²) in [5.41, 5.74) is 8.57. The second-order valence-corrected chi connectivity index (χ2v) is 10.2. The van der Waals surface area contributed by atoms with E-state index >= 15 is 0 Å². The van der Waals surface area contributed by atoms with Gasteiger partial charge in [-0.3, -0.25) is 4.79 Å². The smallest absolute Gasteiger partial charge is 0.194 e. The highest BCUT2D eigenvalue weighted by molar-refractivity contribution is 5.72. The lowest BCUT2D eigenvalue weighted by Gasteiger charge is -2.30. The Morgan fingerprint density at radius 2 is 1.40 bits per heavy atom. The van der Waals surface area contributed by atoms with E-state index in [1.54, 1.807) is 16.6 Å². The molecule has 0 unspecified atom stereocenters. The number of hydrogen-bond acceptors (Lipinski definition) is 8. The van der Waals surface area contributed by atoms with Gasteiger partial charge in [0, 0.05) is 0 Å². The fourth-order valence-corrected chi connectivity index (χ4v) is 5.37. The fourth-order valence-electron chi connectivity index (χ4n) is 5.37. The Bertz CT molecular complexity index is 1600. The van der Waals surface area contributed by atoms with Gasteiger partial charge in [-0.15, -0.1) is 0 Å². The molecule has 1 fully saturated rings. The number of carbonyl (C=O) groups is 1. The van der Waals surface area contributed by atoms with E-state index in [2.05, 4.69) is 10.1 Å². The number of benzene rings is 3. The van der Waals surface area contributed by atoms with Crippen molar-refractivity contribution in [3.63, 3.8) is 0 Å². The maximum atomic E-state index is 13.2. The third-order valence-corrected chi connectivity index (χ3v) is 7.44. The van der Waals surface area contributed by atoms with Crippen molar-refractivity contribution in [2.45, 2.75) is 43.7 Å². The summed E-state index contributed by atoms with van der Waals surface area (Å²) >= 11 is 0. The second kappa shape index (κ2) is 12.6. The monoisotopic (exact) mass is 564 g/mol. The van der Waals surface area contributed by atoms with Gasteiger partial charge < -0.3 is 24.7 Å². The number of nitrogens with two attached hydrogens (primary N) is 1. The first-order chi connectivity index (χ1) is 20.7. The summed E-state index contributed by atoms with van der Waals surface area (Å²) in [4.78, 5) is 17.3. The molecule has 0 saturated carbocycles. The van der Waals surface area contributed by atoms with Crippen LogP contribution in [0.25, 0.3) is 5.52 Å². The molecule has 3 heterocycles. The summed E-state index contributed by atoms with van der Waals surface area (Å²) in [5.74, 6) is 0.289. The number of carbonyl (C=O) groups excluding carboxylic acids is 1. The average Bonchev–Trinajstić information content (AvgIpc) is 3.61. The minimum absolute atomic E-state index is 0.176. The van der Waals surface area contributed by atoms with Crippen molar-refractivity contribution in [3.05, 3.63) is 132 Å². The lowest BCUT2D eigenvalue weighted by molar-refractivity contribution is -0.151. The Labute approximate surface area is 243 Å². The number of nitrogen functional groups attached to an aromatic ring is 1. The number of aromatic nitrogens is 3. The SMILES string of the molecule is Nc1ncnn2c([C@]3(C=O)O[C@H](COCc4ccccc4)[C@@H](OCc4ccccc4)[C@H]3OCc3ccccc3)ccc12. The minimum Gasteiger partial charge on any atom is -0.382 e. The Morgan fingerprint density at radius 1 is 0.810 bits per heavy atom. The highest BCUT2D eigenvalue weighted by Crippen LogP contribution is 2.43. The van der Waals surface area contributed by atoms with Crippen LogP contribution in [0.15, 0.2) is 109 Å². The van der Waals surface area contributed by atoms with Crippen LogP contribution in [0, 0.1) is 0 Å². The molecule has 4 atom stereocenters. The van der Waals surface area contributed by atoms with Crippen LogP contribution in [0.1, 0.15) is 22.4 Å².